The number of halogens is 2. The Bertz CT molecular complexity index is 929. The van der Waals surface area contributed by atoms with Gasteiger partial charge in [-0.1, -0.05) is 30.1 Å². The van der Waals surface area contributed by atoms with Gasteiger partial charge in [0.25, 0.3) is 0 Å². The van der Waals surface area contributed by atoms with E-state index in [9.17, 15) is 9.59 Å². The lowest BCUT2D eigenvalue weighted by Gasteiger charge is -2.16. The van der Waals surface area contributed by atoms with Crippen molar-refractivity contribution in [2.45, 2.75) is 19.8 Å². The lowest BCUT2D eigenvalue weighted by atomic mass is 10.1. The van der Waals surface area contributed by atoms with E-state index in [1.165, 1.54) is 0 Å². The van der Waals surface area contributed by atoms with Gasteiger partial charge in [0.05, 0.1) is 55.3 Å². The summed E-state index contributed by atoms with van der Waals surface area (Å²) in [5.41, 5.74) is 0.804. The van der Waals surface area contributed by atoms with Crippen molar-refractivity contribution in [3.05, 3.63) is 28.2 Å². The number of rotatable bonds is 19. The topological polar surface area (TPSA) is 117 Å². The minimum atomic E-state index is -0.231. The molecule has 216 valence electrons. The van der Waals surface area contributed by atoms with Crippen molar-refractivity contribution < 1.29 is 23.8 Å². The third-order valence-corrected chi connectivity index (χ3v) is 6.48. The molecule has 3 N–H and O–H groups in total. The first-order valence-corrected chi connectivity index (χ1v) is 13.8. The van der Waals surface area contributed by atoms with Crippen LogP contribution in [0.3, 0.4) is 0 Å². The first-order chi connectivity index (χ1) is 18.8. The number of anilines is 1. The highest BCUT2D eigenvalue weighted by molar-refractivity contribution is 6.42. The van der Waals surface area contributed by atoms with Gasteiger partial charge in [-0.2, -0.15) is 5.10 Å². The first kappa shape index (κ1) is 33.3. The van der Waals surface area contributed by atoms with Crippen molar-refractivity contribution in [1.82, 2.24) is 20.8 Å². The summed E-state index contributed by atoms with van der Waals surface area (Å²) in [7, 11) is 7.17. The van der Waals surface area contributed by atoms with Crippen molar-refractivity contribution in [2.24, 2.45) is 11.0 Å². The summed E-state index contributed by atoms with van der Waals surface area (Å²) in [6.07, 6.45) is 0.764. The molecule has 14 heteroatoms. The second-order valence-corrected chi connectivity index (χ2v) is 9.92. The van der Waals surface area contributed by atoms with Crippen LogP contribution < -0.4 is 20.9 Å². The predicted molar refractivity (Wildman–Crippen MR) is 155 cm³/mol. The Kier molecular flexibility index (Phi) is 16.4. The van der Waals surface area contributed by atoms with E-state index in [2.05, 4.69) is 25.9 Å². The lowest BCUT2D eigenvalue weighted by molar-refractivity contribution is -0.126. The quantitative estimate of drug-likeness (QED) is 0.165. The Hall–Kier alpha value is -1.93. The van der Waals surface area contributed by atoms with E-state index in [-0.39, 0.29) is 30.8 Å². The van der Waals surface area contributed by atoms with Gasteiger partial charge in [0.15, 0.2) is 7.98 Å². The molecule has 1 aromatic rings. The Morgan fingerprint density at radius 1 is 1.05 bits per heavy atom. The van der Waals surface area contributed by atoms with Crippen molar-refractivity contribution in [3.8, 4) is 0 Å². The van der Waals surface area contributed by atoms with Crippen LogP contribution in [0, 0.1) is 5.92 Å². The Labute approximate surface area is 242 Å². The van der Waals surface area contributed by atoms with Crippen LogP contribution in [0.4, 0.5) is 5.69 Å². The average molecular weight is 585 g/mol. The molecule has 2 radical (unpaired) electrons. The van der Waals surface area contributed by atoms with Crippen LogP contribution in [-0.4, -0.2) is 110 Å². The molecule has 1 aliphatic heterocycles. The van der Waals surface area contributed by atoms with E-state index in [0.717, 1.165) is 18.8 Å². The van der Waals surface area contributed by atoms with Gasteiger partial charge < -0.3 is 35.0 Å². The molecule has 0 aromatic heterocycles. The van der Waals surface area contributed by atoms with Gasteiger partial charge in [-0.25, -0.2) is 0 Å². The summed E-state index contributed by atoms with van der Waals surface area (Å²) in [5, 5.41) is 15.4. The number of nitrogens with one attached hydrogen (secondary N) is 3. The van der Waals surface area contributed by atoms with Gasteiger partial charge in [0, 0.05) is 38.5 Å². The fraction of sp³-hybridized carbons (Fsp3) is 0.640. The number of hydrogen-bond acceptors (Lipinski definition) is 9. The van der Waals surface area contributed by atoms with Crippen molar-refractivity contribution in [1.29, 1.82) is 0 Å². The van der Waals surface area contributed by atoms with Crippen molar-refractivity contribution in [3.63, 3.8) is 0 Å². The van der Waals surface area contributed by atoms with Gasteiger partial charge in [-0.05, 0) is 31.7 Å². The highest BCUT2D eigenvalue weighted by Crippen LogP contribution is 2.29. The molecule has 0 aliphatic carbocycles. The number of hydrogen-bond donors (Lipinski definition) is 3. The van der Waals surface area contributed by atoms with Gasteiger partial charge >= 0.3 is 0 Å². The molecule has 11 nitrogen and oxygen atoms in total. The number of nitrogens with zero attached hydrogens (tertiary/aromatic N) is 3. The molecule has 0 saturated heterocycles. The zero-order chi connectivity index (χ0) is 28.5. The molecule has 0 fully saturated rings. The Balaban J connectivity index is 1.48. The SMILES string of the molecule is [B]NCCOCCN(C)CCOCCOCC(=O)NCCCC(=O)NC1=NN(c2ccc(Cl)c(Cl)c2)CC1C. The van der Waals surface area contributed by atoms with Crippen LogP contribution >= 0.6 is 23.2 Å². The van der Waals surface area contributed by atoms with E-state index < -0.39 is 0 Å². The fourth-order valence-electron chi connectivity index (χ4n) is 3.48. The zero-order valence-electron chi connectivity index (χ0n) is 22.7. The fourth-order valence-corrected chi connectivity index (χ4v) is 3.77. The van der Waals surface area contributed by atoms with E-state index >= 15 is 0 Å². The summed E-state index contributed by atoms with van der Waals surface area (Å²) < 4.78 is 16.3. The van der Waals surface area contributed by atoms with Crippen LogP contribution in [0.15, 0.2) is 23.3 Å². The molecule has 1 atom stereocenters. The predicted octanol–water partition coefficient (Wildman–Crippen LogP) is 1.43. The summed E-state index contributed by atoms with van der Waals surface area (Å²) in [5.74, 6) is 0.268. The van der Waals surface area contributed by atoms with Crippen molar-refractivity contribution >= 4 is 54.5 Å². The Morgan fingerprint density at radius 2 is 1.77 bits per heavy atom. The number of amidine groups is 1. The summed E-state index contributed by atoms with van der Waals surface area (Å²) >= 11 is 12.1. The second-order valence-electron chi connectivity index (χ2n) is 9.10. The number of benzene rings is 1. The van der Waals surface area contributed by atoms with Crippen molar-refractivity contribution in [2.75, 3.05) is 84.4 Å². The van der Waals surface area contributed by atoms with E-state index in [1.807, 2.05) is 20.0 Å². The molecule has 1 aromatic carbocycles. The maximum absolute atomic E-state index is 12.3. The second kappa shape index (κ2) is 19.2. The number of carbonyl (C=O) groups excluding carboxylic acids is 2. The zero-order valence-corrected chi connectivity index (χ0v) is 24.2. The van der Waals surface area contributed by atoms with E-state index in [4.69, 9.17) is 45.4 Å². The maximum Gasteiger partial charge on any atom is 0.245 e. The average Bonchev–Trinajstić information content (AvgIpc) is 3.27. The highest BCUT2D eigenvalue weighted by Gasteiger charge is 2.25. The largest absolute Gasteiger partial charge is 0.379 e. The van der Waals surface area contributed by atoms with Crippen LogP contribution in [0.25, 0.3) is 0 Å². The summed E-state index contributed by atoms with van der Waals surface area (Å²) in [4.78, 5) is 26.4. The molecule has 1 aliphatic rings. The van der Waals surface area contributed by atoms with Gasteiger partial charge in [0.1, 0.15) is 12.4 Å². The van der Waals surface area contributed by atoms with Crippen LogP contribution in [0.1, 0.15) is 19.8 Å². The van der Waals surface area contributed by atoms with Gasteiger partial charge in [-0.3, -0.25) is 14.6 Å². The molecule has 2 rings (SSSR count). The lowest BCUT2D eigenvalue weighted by Crippen LogP contribution is -2.34. The smallest absolute Gasteiger partial charge is 0.245 e. The summed E-state index contributed by atoms with van der Waals surface area (Å²) in [6, 6.07) is 5.29. The molecule has 2 amide bonds. The number of hydrazone groups is 1. The van der Waals surface area contributed by atoms with E-state index in [0.29, 0.717) is 75.0 Å². The molecule has 1 unspecified atom stereocenters. The van der Waals surface area contributed by atoms with Crippen LogP contribution in [0.5, 0.6) is 0 Å². The minimum absolute atomic E-state index is 0.0503. The van der Waals surface area contributed by atoms with Gasteiger partial charge in [-0.15, -0.1) is 0 Å². The third kappa shape index (κ3) is 13.8. The molecule has 0 spiro atoms. The van der Waals surface area contributed by atoms with Crippen LogP contribution in [-0.2, 0) is 23.8 Å². The molecular weight excluding hydrogens is 546 g/mol. The molecule has 39 heavy (non-hydrogen) atoms. The molecule has 1 heterocycles. The Morgan fingerprint density at radius 3 is 2.49 bits per heavy atom. The number of likely N-dealkylation sites (N-methyl/N-ethyl adjacent to an activating group) is 1. The molecule has 0 saturated carbocycles. The maximum atomic E-state index is 12.3. The normalized spacial score (nSPS) is 15.1. The van der Waals surface area contributed by atoms with Gasteiger partial charge in [0.2, 0.25) is 11.8 Å². The molecular formula is C25H39BCl2N6O5. The first-order valence-electron chi connectivity index (χ1n) is 13.0. The number of carbonyl (C=O) groups is 2. The number of ether oxygens (including phenoxy) is 3. The summed E-state index contributed by atoms with van der Waals surface area (Å²) in [6.45, 7) is 7.65. The highest BCUT2D eigenvalue weighted by atomic mass is 35.5. The number of amides is 2. The van der Waals surface area contributed by atoms with Crippen LogP contribution in [0.2, 0.25) is 10.0 Å². The third-order valence-electron chi connectivity index (χ3n) is 5.74. The molecule has 0 bridgehead atoms. The monoisotopic (exact) mass is 584 g/mol. The van der Waals surface area contributed by atoms with E-state index in [1.54, 1.807) is 17.1 Å². The minimum Gasteiger partial charge on any atom is -0.379 e. The standard InChI is InChI=1S/C25H39BCl2N6O5/c1-19-17-34(20-5-6-21(27)22(28)16-20)32-25(19)31-23(35)4-3-7-29-24(36)18-39-15-14-38-13-10-33(2)9-12-37-11-8-30-26/h5-6,16,19,30H,3-4,7-15,17-18H2,1-2H3,(H,29,36)(H,31,32,35).